The van der Waals surface area contributed by atoms with E-state index in [-0.39, 0.29) is 0 Å². The molecule has 1 saturated heterocycles. The Kier molecular flexibility index (Phi) is 5.03. The normalized spacial score (nSPS) is 17.8. The van der Waals surface area contributed by atoms with Gasteiger partial charge in [0.15, 0.2) is 0 Å². The number of nitrogens with zero attached hydrogens (tertiary/aromatic N) is 2. The molecule has 0 radical (unpaired) electrons. The second-order valence-electron chi connectivity index (χ2n) is 5.90. The lowest BCUT2D eigenvalue weighted by Crippen LogP contribution is -2.36. The molecule has 0 unspecified atom stereocenters. The molecule has 126 valence electrons. The standard InChI is InChI=1S/C15H17F3IN3S/c1-22-6-3-9(4-7-22)21-11-2-5-20-12-10(8-15(16,17)18)14(19)23-13(11)12/h2,5,9H,3-4,6-8H2,1H3,(H,20,21). The number of hydrogen-bond acceptors (Lipinski definition) is 4. The Balaban J connectivity index is 1.89. The van der Waals surface area contributed by atoms with Crippen LogP contribution in [0.5, 0.6) is 0 Å². The molecule has 2 aromatic rings. The molecule has 1 aliphatic heterocycles. The number of rotatable bonds is 3. The van der Waals surface area contributed by atoms with Gasteiger partial charge in [0.25, 0.3) is 0 Å². The summed E-state index contributed by atoms with van der Waals surface area (Å²) in [6.45, 7) is 2.07. The summed E-state index contributed by atoms with van der Waals surface area (Å²) in [6.07, 6.45) is -1.46. The van der Waals surface area contributed by atoms with Crippen molar-refractivity contribution in [1.29, 1.82) is 0 Å². The second-order valence-corrected chi connectivity index (χ2v) is 8.74. The largest absolute Gasteiger partial charge is 0.393 e. The van der Waals surface area contributed by atoms with E-state index in [2.05, 4.69) is 22.2 Å². The summed E-state index contributed by atoms with van der Waals surface area (Å²) >= 11 is 3.37. The van der Waals surface area contributed by atoms with Crippen molar-refractivity contribution in [2.45, 2.75) is 31.5 Å². The second kappa shape index (κ2) is 6.72. The number of nitrogens with one attached hydrogen (secondary N) is 1. The average molecular weight is 455 g/mol. The van der Waals surface area contributed by atoms with E-state index in [0.717, 1.165) is 36.3 Å². The van der Waals surface area contributed by atoms with Gasteiger partial charge in [-0.15, -0.1) is 11.3 Å². The minimum absolute atomic E-state index is 0.296. The van der Waals surface area contributed by atoms with Crippen LogP contribution >= 0.6 is 33.9 Å². The van der Waals surface area contributed by atoms with E-state index in [1.54, 1.807) is 6.20 Å². The molecule has 1 N–H and O–H groups in total. The molecule has 2 aromatic heterocycles. The number of hydrogen-bond donors (Lipinski definition) is 1. The van der Waals surface area contributed by atoms with Gasteiger partial charge in [0, 0.05) is 17.8 Å². The number of pyridine rings is 1. The van der Waals surface area contributed by atoms with Crippen molar-refractivity contribution in [3.8, 4) is 0 Å². The number of aromatic nitrogens is 1. The Morgan fingerprint density at radius 2 is 2.09 bits per heavy atom. The highest BCUT2D eigenvalue weighted by molar-refractivity contribution is 14.1. The first-order chi connectivity index (χ1) is 10.8. The van der Waals surface area contributed by atoms with Crippen molar-refractivity contribution in [2.75, 3.05) is 25.5 Å². The molecule has 3 rings (SSSR count). The van der Waals surface area contributed by atoms with Crippen molar-refractivity contribution in [3.05, 3.63) is 20.7 Å². The molecule has 1 fully saturated rings. The molecule has 23 heavy (non-hydrogen) atoms. The van der Waals surface area contributed by atoms with Crippen molar-refractivity contribution in [3.63, 3.8) is 0 Å². The fourth-order valence-electron chi connectivity index (χ4n) is 2.85. The number of fused-ring (bicyclic) bond motifs is 1. The smallest absolute Gasteiger partial charge is 0.381 e. The van der Waals surface area contributed by atoms with E-state index in [0.29, 0.717) is 20.0 Å². The van der Waals surface area contributed by atoms with Gasteiger partial charge in [0.05, 0.1) is 25.2 Å². The number of piperidine rings is 1. The highest BCUT2D eigenvalue weighted by Gasteiger charge is 2.31. The fourth-order valence-corrected chi connectivity index (χ4v) is 4.94. The molecule has 0 atom stereocenters. The van der Waals surface area contributed by atoms with Crippen LogP contribution in [0.4, 0.5) is 18.9 Å². The van der Waals surface area contributed by atoms with Gasteiger partial charge in [-0.1, -0.05) is 0 Å². The number of thiophene rings is 1. The molecule has 0 aliphatic carbocycles. The Morgan fingerprint density at radius 1 is 1.39 bits per heavy atom. The van der Waals surface area contributed by atoms with Gasteiger partial charge >= 0.3 is 6.18 Å². The first-order valence-corrected chi connectivity index (χ1v) is 9.31. The van der Waals surface area contributed by atoms with E-state index < -0.39 is 12.6 Å². The van der Waals surface area contributed by atoms with Crippen LogP contribution in [0.3, 0.4) is 0 Å². The maximum Gasteiger partial charge on any atom is 0.393 e. The van der Waals surface area contributed by atoms with Gasteiger partial charge in [-0.25, -0.2) is 0 Å². The minimum Gasteiger partial charge on any atom is -0.381 e. The van der Waals surface area contributed by atoms with Crippen molar-refractivity contribution in [1.82, 2.24) is 9.88 Å². The number of alkyl halides is 3. The quantitative estimate of drug-likeness (QED) is 0.691. The maximum atomic E-state index is 12.8. The molecule has 8 heteroatoms. The molecular formula is C15H17F3IN3S. The fraction of sp³-hybridized carbons (Fsp3) is 0.533. The van der Waals surface area contributed by atoms with Gasteiger partial charge in [-0.05, 0) is 61.6 Å². The van der Waals surface area contributed by atoms with Crippen LogP contribution in [0.25, 0.3) is 10.2 Å². The molecule has 0 bridgehead atoms. The van der Waals surface area contributed by atoms with E-state index >= 15 is 0 Å². The van der Waals surface area contributed by atoms with Crippen LogP contribution in [0, 0.1) is 2.88 Å². The molecule has 0 aromatic carbocycles. The molecule has 3 nitrogen and oxygen atoms in total. The topological polar surface area (TPSA) is 28.2 Å². The van der Waals surface area contributed by atoms with Crippen molar-refractivity contribution in [2.24, 2.45) is 0 Å². The van der Waals surface area contributed by atoms with Crippen LogP contribution in [-0.2, 0) is 6.42 Å². The highest BCUT2D eigenvalue weighted by atomic mass is 127. The molecule has 0 amide bonds. The first kappa shape index (κ1) is 17.2. The van der Waals surface area contributed by atoms with Gasteiger partial charge < -0.3 is 10.2 Å². The molecule has 3 heterocycles. The summed E-state index contributed by atoms with van der Waals surface area (Å²) in [4.78, 5) is 6.50. The van der Waals surface area contributed by atoms with Gasteiger partial charge in [0.1, 0.15) is 0 Å². The first-order valence-electron chi connectivity index (χ1n) is 7.41. The number of halogens is 4. The Hall–Kier alpha value is -0.610. The zero-order valence-electron chi connectivity index (χ0n) is 12.6. The predicted molar refractivity (Wildman–Crippen MR) is 96.2 cm³/mol. The van der Waals surface area contributed by atoms with Gasteiger partial charge in [0.2, 0.25) is 0 Å². The summed E-state index contributed by atoms with van der Waals surface area (Å²) in [5.74, 6) is 0. The lowest BCUT2D eigenvalue weighted by molar-refractivity contribution is -0.127. The van der Waals surface area contributed by atoms with Gasteiger partial charge in [-0.2, -0.15) is 13.2 Å². The average Bonchev–Trinajstić information content (AvgIpc) is 2.77. The molecule has 1 aliphatic rings. The minimum atomic E-state index is -4.22. The number of anilines is 1. The Morgan fingerprint density at radius 3 is 2.74 bits per heavy atom. The van der Waals surface area contributed by atoms with Gasteiger partial charge in [-0.3, -0.25) is 4.98 Å². The molecular weight excluding hydrogens is 438 g/mol. The summed E-state index contributed by atoms with van der Waals surface area (Å²) in [5.41, 5.74) is 1.68. The van der Waals surface area contributed by atoms with Crippen LogP contribution in [0.15, 0.2) is 12.3 Å². The Bertz CT molecular complexity index is 693. The van der Waals surface area contributed by atoms with Crippen LogP contribution in [-0.4, -0.2) is 42.2 Å². The summed E-state index contributed by atoms with van der Waals surface area (Å²) in [5, 5.41) is 3.51. The zero-order chi connectivity index (χ0) is 16.6. The molecule has 0 saturated carbocycles. The van der Waals surface area contributed by atoms with E-state index in [1.165, 1.54) is 11.3 Å². The van der Waals surface area contributed by atoms with Crippen LogP contribution in [0.1, 0.15) is 18.4 Å². The zero-order valence-corrected chi connectivity index (χ0v) is 15.6. The lowest BCUT2D eigenvalue weighted by atomic mass is 10.1. The molecule has 0 spiro atoms. The highest BCUT2D eigenvalue weighted by Crippen LogP contribution is 2.39. The van der Waals surface area contributed by atoms with E-state index in [4.69, 9.17) is 0 Å². The predicted octanol–water partition coefficient (Wildman–Crippen LogP) is 4.51. The Labute approximate surface area is 150 Å². The maximum absolute atomic E-state index is 12.8. The lowest BCUT2D eigenvalue weighted by Gasteiger charge is -2.30. The SMILES string of the molecule is CN1CCC(Nc2ccnc3c(CC(F)(F)F)c(I)sc23)CC1. The van der Waals surface area contributed by atoms with Crippen molar-refractivity contribution >= 4 is 49.8 Å². The van der Waals surface area contributed by atoms with Crippen LogP contribution in [0.2, 0.25) is 0 Å². The van der Waals surface area contributed by atoms with Crippen molar-refractivity contribution < 1.29 is 13.2 Å². The summed E-state index contributed by atoms with van der Waals surface area (Å²) in [6, 6.07) is 2.23. The van der Waals surface area contributed by atoms with E-state index in [9.17, 15) is 13.2 Å². The third-order valence-electron chi connectivity index (χ3n) is 4.07. The summed E-state index contributed by atoms with van der Waals surface area (Å²) < 4.78 is 39.9. The third kappa shape index (κ3) is 4.08. The third-order valence-corrected chi connectivity index (χ3v) is 6.43. The van der Waals surface area contributed by atoms with Crippen LogP contribution < -0.4 is 5.32 Å². The number of likely N-dealkylation sites (tertiary alicyclic amines) is 1. The van der Waals surface area contributed by atoms with E-state index in [1.807, 2.05) is 28.7 Å². The summed E-state index contributed by atoms with van der Waals surface area (Å²) in [7, 11) is 2.10. The monoisotopic (exact) mass is 455 g/mol.